The molecular formula is C11H20N2O2. The van der Waals surface area contributed by atoms with Crippen LogP contribution in [0.25, 0.3) is 0 Å². The van der Waals surface area contributed by atoms with E-state index in [-0.39, 0.29) is 5.41 Å². The summed E-state index contributed by atoms with van der Waals surface area (Å²) in [5, 5.41) is 0. The highest BCUT2D eigenvalue weighted by molar-refractivity contribution is 5.66. The largest absolute Gasteiger partial charge is 0.452 e. The molecule has 1 aliphatic rings. The van der Waals surface area contributed by atoms with E-state index in [4.69, 9.17) is 0 Å². The van der Waals surface area contributed by atoms with Crippen LogP contribution >= 0.6 is 0 Å². The van der Waals surface area contributed by atoms with Crippen molar-refractivity contribution in [2.24, 2.45) is 11.3 Å². The molecule has 0 radical (unpaired) electrons. The number of amides is 1. The van der Waals surface area contributed by atoms with E-state index in [9.17, 15) is 4.79 Å². The molecule has 0 fully saturated rings. The molecule has 0 unspecified atom stereocenters. The number of nitrogens with one attached hydrogen (secondary N) is 2. The molecule has 1 amide bonds. The fourth-order valence-corrected chi connectivity index (χ4v) is 2.20. The SMILES string of the molecule is COC(=O)NNC1=CC(C)(C)C[C@@H](C)C1. The third-order valence-corrected chi connectivity index (χ3v) is 2.52. The lowest BCUT2D eigenvalue weighted by molar-refractivity contribution is 0.166. The standard InChI is InChI=1S/C11H20N2O2/c1-8-5-9(7-11(2,3)6-8)12-13-10(14)15-4/h7-8,12H,5-6H2,1-4H3,(H,13,14)/t8-/m0/s1. The number of methoxy groups -OCH3 is 1. The van der Waals surface area contributed by atoms with Crippen molar-refractivity contribution in [2.75, 3.05) is 7.11 Å². The summed E-state index contributed by atoms with van der Waals surface area (Å²) in [7, 11) is 1.35. The Bertz CT molecular complexity index is 272. The Morgan fingerprint density at radius 2 is 2.27 bits per heavy atom. The molecule has 4 nitrogen and oxygen atoms in total. The first-order valence-corrected chi connectivity index (χ1v) is 5.24. The van der Waals surface area contributed by atoms with Crippen molar-refractivity contribution in [1.29, 1.82) is 0 Å². The first kappa shape index (κ1) is 11.9. The van der Waals surface area contributed by atoms with Gasteiger partial charge < -0.3 is 10.2 Å². The van der Waals surface area contributed by atoms with Gasteiger partial charge in [-0.2, -0.15) is 0 Å². The monoisotopic (exact) mass is 212 g/mol. The molecule has 0 aromatic heterocycles. The maximum absolute atomic E-state index is 10.9. The van der Waals surface area contributed by atoms with E-state index >= 15 is 0 Å². The second-order valence-corrected chi connectivity index (χ2v) is 4.91. The van der Waals surface area contributed by atoms with Gasteiger partial charge in [0.1, 0.15) is 0 Å². The predicted octanol–water partition coefficient (Wildman–Crippen LogP) is 2.19. The Labute approximate surface area is 91.0 Å². The summed E-state index contributed by atoms with van der Waals surface area (Å²) < 4.78 is 4.48. The summed E-state index contributed by atoms with van der Waals surface area (Å²) in [6.45, 7) is 6.61. The molecule has 0 saturated heterocycles. The molecule has 0 aliphatic heterocycles. The van der Waals surface area contributed by atoms with Gasteiger partial charge in [0.2, 0.25) is 0 Å². The molecule has 0 saturated carbocycles. The highest BCUT2D eigenvalue weighted by atomic mass is 16.5. The van der Waals surface area contributed by atoms with Gasteiger partial charge in [0, 0.05) is 5.70 Å². The minimum atomic E-state index is -0.466. The van der Waals surface area contributed by atoms with E-state index in [0.29, 0.717) is 5.92 Å². The number of rotatable bonds is 2. The number of hydrogen-bond acceptors (Lipinski definition) is 3. The molecule has 2 N–H and O–H groups in total. The van der Waals surface area contributed by atoms with Gasteiger partial charge in [-0.3, -0.25) is 0 Å². The highest BCUT2D eigenvalue weighted by Gasteiger charge is 2.25. The van der Waals surface area contributed by atoms with Crippen molar-refractivity contribution < 1.29 is 9.53 Å². The van der Waals surface area contributed by atoms with Gasteiger partial charge in [-0.05, 0) is 24.2 Å². The van der Waals surface area contributed by atoms with Crippen molar-refractivity contribution >= 4 is 6.09 Å². The first-order valence-electron chi connectivity index (χ1n) is 5.24. The molecule has 86 valence electrons. The fraction of sp³-hybridized carbons (Fsp3) is 0.727. The normalized spacial score (nSPS) is 24.0. The van der Waals surface area contributed by atoms with Gasteiger partial charge in [-0.15, -0.1) is 0 Å². The molecule has 0 heterocycles. The van der Waals surface area contributed by atoms with Crippen LogP contribution in [0.5, 0.6) is 0 Å². The minimum absolute atomic E-state index is 0.192. The van der Waals surface area contributed by atoms with Crippen molar-refractivity contribution in [3.05, 3.63) is 11.8 Å². The van der Waals surface area contributed by atoms with Gasteiger partial charge in [0.25, 0.3) is 0 Å². The van der Waals surface area contributed by atoms with E-state index in [0.717, 1.165) is 12.1 Å². The van der Waals surface area contributed by atoms with Crippen LogP contribution in [0.1, 0.15) is 33.6 Å². The number of allylic oxidation sites excluding steroid dienone is 2. The lowest BCUT2D eigenvalue weighted by Gasteiger charge is -2.32. The molecule has 0 aromatic carbocycles. The molecule has 0 spiro atoms. The molecular weight excluding hydrogens is 192 g/mol. The first-order chi connectivity index (χ1) is 6.93. The van der Waals surface area contributed by atoms with Crippen LogP contribution in [-0.2, 0) is 4.74 Å². The minimum Gasteiger partial charge on any atom is -0.452 e. The average molecular weight is 212 g/mol. The van der Waals surface area contributed by atoms with Gasteiger partial charge in [0.15, 0.2) is 0 Å². The lowest BCUT2D eigenvalue weighted by atomic mass is 9.76. The van der Waals surface area contributed by atoms with Crippen LogP contribution in [0.3, 0.4) is 0 Å². The van der Waals surface area contributed by atoms with Gasteiger partial charge >= 0.3 is 6.09 Å². The lowest BCUT2D eigenvalue weighted by Crippen LogP contribution is -2.39. The number of carbonyl (C=O) groups is 1. The van der Waals surface area contributed by atoms with Crippen LogP contribution in [-0.4, -0.2) is 13.2 Å². The van der Waals surface area contributed by atoms with Crippen LogP contribution in [0.2, 0.25) is 0 Å². The summed E-state index contributed by atoms with van der Waals surface area (Å²) in [4.78, 5) is 10.9. The van der Waals surface area contributed by atoms with Gasteiger partial charge in [-0.25, -0.2) is 10.2 Å². The van der Waals surface area contributed by atoms with Crippen molar-refractivity contribution in [2.45, 2.75) is 33.6 Å². The highest BCUT2D eigenvalue weighted by Crippen LogP contribution is 2.35. The Morgan fingerprint density at radius 1 is 1.60 bits per heavy atom. The van der Waals surface area contributed by atoms with Crippen molar-refractivity contribution in [1.82, 2.24) is 10.9 Å². The Morgan fingerprint density at radius 3 is 2.80 bits per heavy atom. The molecule has 4 heteroatoms. The second kappa shape index (κ2) is 4.55. The maximum atomic E-state index is 10.9. The van der Waals surface area contributed by atoms with Crippen LogP contribution in [0.4, 0.5) is 4.79 Å². The smallest absolute Gasteiger partial charge is 0.425 e. The summed E-state index contributed by atoms with van der Waals surface area (Å²) in [6.07, 6.45) is 3.85. The van der Waals surface area contributed by atoms with Crippen LogP contribution in [0.15, 0.2) is 11.8 Å². The molecule has 0 bridgehead atoms. The molecule has 15 heavy (non-hydrogen) atoms. The van der Waals surface area contributed by atoms with Crippen LogP contribution < -0.4 is 10.9 Å². The zero-order valence-corrected chi connectivity index (χ0v) is 9.89. The van der Waals surface area contributed by atoms with E-state index in [1.165, 1.54) is 13.5 Å². The Hall–Kier alpha value is -1.19. The third-order valence-electron chi connectivity index (χ3n) is 2.52. The van der Waals surface area contributed by atoms with Gasteiger partial charge in [-0.1, -0.05) is 26.8 Å². The number of ether oxygens (including phenoxy) is 1. The Balaban J connectivity index is 2.54. The molecule has 1 rings (SSSR count). The maximum Gasteiger partial charge on any atom is 0.425 e. The van der Waals surface area contributed by atoms with E-state index in [1.807, 2.05) is 0 Å². The van der Waals surface area contributed by atoms with Gasteiger partial charge in [0.05, 0.1) is 7.11 Å². The van der Waals surface area contributed by atoms with E-state index < -0.39 is 6.09 Å². The Kier molecular flexibility index (Phi) is 3.61. The molecule has 0 aromatic rings. The van der Waals surface area contributed by atoms with E-state index in [2.05, 4.69) is 42.4 Å². The zero-order chi connectivity index (χ0) is 11.5. The van der Waals surface area contributed by atoms with Crippen molar-refractivity contribution in [3.63, 3.8) is 0 Å². The number of hydrogen-bond donors (Lipinski definition) is 2. The van der Waals surface area contributed by atoms with E-state index in [1.54, 1.807) is 0 Å². The zero-order valence-electron chi connectivity index (χ0n) is 9.89. The van der Waals surface area contributed by atoms with Crippen LogP contribution in [0, 0.1) is 11.3 Å². The topological polar surface area (TPSA) is 50.4 Å². The molecule has 1 aliphatic carbocycles. The fourth-order valence-electron chi connectivity index (χ4n) is 2.20. The summed E-state index contributed by atoms with van der Waals surface area (Å²) in [5.74, 6) is 0.631. The summed E-state index contributed by atoms with van der Waals surface area (Å²) in [6, 6.07) is 0. The number of carbonyl (C=O) groups excluding carboxylic acids is 1. The number of hydrazine groups is 1. The summed E-state index contributed by atoms with van der Waals surface area (Å²) >= 11 is 0. The molecule has 1 atom stereocenters. The third kappa shape index (κ3) is 3.81. The average Bonchev–Trinajstić information content (AvgIpc) is 2.11. The quantitative estimate of drug-likeness (QED) is 0.690. The predicted molar refractivity (Wildman–Crippen MR) is 58.9 cm³/mol. The van der Waals surface area contributed by atoms with Crippen molar-refractivity contribution in [3.8, 4) is 0 Å². The second-order valence-electron chi connectivity index (χ2n) is 4.91. The summed E-state index contributed by atoms with van der Waals surface area (Å²) in [5.41, 5.74) is 6.63.